The molecule has 1 fully saturated rings. The third-order valence-electron chi connectivity index (χ3n) is 7.75. The van der Waals surface area contributed by atoms with E-state index < -0.39 is 0 Å². The Labute approximate surface area is 229 Å². The number of benzene rings is 1. The van der Waals surface area contributed by atoms with Crippen LogP contribution in [0.5, 0.6) is 0 Å². The maximum atomic E-state index is 12.9. The van der Waals surface area contributed by atoms with Gasteiger partial charge in [-0.2, -0.15) is 14.7 Å². The van der Waals surface area contributed by atoms with Gasteiger partial charge in [0.15, 0.2) is 5.65 Å². The van der Waals surface area contributed by atoms with Gasteiger partial charge >= 0.3 is 0 Å². The molecule has 6 heterocycles. The number of nitrogens with zero attached hydrogens (tertiary/aromatic N) is 7. The number of likely N-dealkylation sites (tertiary alicyclic amines) is 1. The van der Waals surface area contributed by atoms with E-state index in [4.69, 9.17) is 16.5 Å². The zero-order valence-corrected chi connectivity index (χ0v) is 22.0. The fraction of sp³-hybridized carbons (Fsp3) is 0.207. The molecule has 200 valence electrons. The molecule has 1 amide bonds. The fourth-order valence-corrected chi connectivity index (χ4v) is 5.68. The van der Waals surface area contributed by atoms with E-state index in [1.54, 1.807) is 16.8 Å². The van der Waals surface area contributed by atoms with Gasteiger partial charge in [0, 0.05) is 54.3 Å². The first-order valence-corrected chi connectivity index (χ1v) is 13.2. The van der Waals surface area contributed by atoms with E-state index in [1.165, 1.54) is 0 Å². The van der Waals surface area contributed by atoms with Crippen LogP contribution < -0.4 is 11.5 Å². The normalized spacial score (nSPS) is 14.4. The zero-order valence-electron chi connectivity index (χ0n) is 22.0. The van der Waals surface area contributed by atoms with Gasteiger partial charge in [-0.3, -0.25) is 14.9 Å². The molecule has 0 saturated carbocycles. The maximum Gasteiger partial charge on any atom is 0.271 e. The van der Waals surface area contributed by atoms with Gasteiger partial charge in [0.1, 0.15) is 23.0 Å². The summed E-state index contributed by atoms with van der Waals surface area (Å²) in [5.74, 6) is 0.779. The number of pyridine rings is 1. The standard InChI is InChI=1S/C29H28N10O/c1-17-16-38(20-9-11-37(12-10-20)29(40)23-13-24(30)36-35-23)28-25(17)26(31)39-27(34-28)21(15-33-39)19-7-8-22(32-14-19)18-5-3-2-4-6-18/h2-8,13-16,20H,9-12,31H2,1H3,(H3,30,35,36). The summed E-state index contributed by atoms with van der Waals surface area (Å²) in [7, 11) is 0. The largest absolute Gasteiger partial charge is 0.383 e. The monoisotopic (exact) mass is 532 g/mol. The Morgan fingerprint density at radius 1 is 1.00 bits per heavy atom. The van der Waals surface area contributed by atoms with Crippen LogP contribution in [0.3, 0.4) is 0 Å². The molecule has 40 heavy (non-hydrogen) atoms. The number of fused-ring (bicyclic) bond motifs is 2. The number of aromatic nitrogens is 7. The fourth-order valence-electron chi connectivity index (χ4n) is 5.68. The number of aryl methyl sites for hydroxylation is 1. The molecule has 5 aromatic heterocycles. The van der Waals surface area contributed by atoms with Crippen molar-refractivity contribution in [3.8, 4) is 22.4 Å². The van der Waals surface area contributed by atoms with Crippen molar-refractivity contribution in [1.82, 2.24) is 39.2 Å². The molecule has 0 atom stereocenters. The summed E-state index contributed by atoms with van der Waals surface area (Å²) < 4.78 is 3.92. The molecular formula is C29H28N10O. The van der Waals surface area contributed by atoms with Crippen molar-refractivity contribution in [1.29, 1.82) is 0 Å². The Balaban J connectivity index is 1.21. The van der Waals surface area contributed by atoms with Crippen LogP contribution >= 0.6 is 0 Å². The second kappa shape index (κ2) is 9.23. The van der Waals surface area contributed by atoms with E-state index in [-0.39, 0.29) is 11.9 Å². The lowest BCUT2D eigenvalue weighted by Crippen LogP contribution is -2.39. The molecule has 6 aromatic rings. The van der Waals surface area contributed by atoms with Crippen LogP contribution in [0.25, 0.3) is 39.1 Å². The van der Waals surface area contributed by atoms with Gasteiger partial charge in [-0.05, 0) is 31.4 Å². The molecule has 5 N–H and O–H groups in total. The SMILES string of the molecule is Cc1cn(C2CCN(C(=O)c3cc(N)n[nH]3)CC2)c2nc3c(-c4ccc(-c5ccccc5)nc4)cnn3c(N)c12. The van der Waals surface area contributed by atoms with Crippen molar-refractivity contribution in [3.63, 3.8) is 0 Å². The van der Waals surface area contributed by atoms with Crippen molar-refractivity contribution >= 4 is 34.2 Å². The highest BCUT2D eigenvalue weighted by Gasteiger charge is 2.28. The average molecular weight is 533 g/mol. The third kappa shape index (κ3) is 3.85. The lowest BCUT2D eigenvalue weighted by Gasteiger charge is -2.32. The second-order valence-corrected chi connectivity index (χ2v) is 10.2. The summed E-state index contributed by atoms with van der Waals surface area (Å²) in [5, 5.41) is 12.1. The Morgan fingerprint density at radius 2 is 1.80 bits per heavy atom. The van der Waals surface area contributed by atoms with Crippen LogP contribution in [0.4, 0.5) is 11.6 Å². The van der Waals surface area contributed by atoms with E-state index in [0.29, 0.717) is 36.1 Å². The first-order valence-electron chi connectivity index (χ1n) is 13.2. The number of amides is 1. The van der Waals surface area contributed by atoms with Gasteiger partial charge in [0.2, 0.25) is 0 Å². The number of anilines is 2. The summed E-state index contributed by atoms with van der Waals surface area (Å²) in [6, 6.07) is 15.9. The number of H-pyrrole nitrogens is 1. The molecule has 0 unspecified atom stereocenters. The van der Waals surface area contributed by atoms with E-state index in [1.807, 2.05) is 60.5 Å². The first-order chi connectivity index (χ1) is 19.5. The van der Waals surface area contributed by atoms with Crippen LogP contribution in [-0.4, -0.2) is 58.2 Å². The Kier molecular flexibility index (Phi) is 5.51. The molecule has 0 aliphatic carbocycles. The molecular weight excluding hydrogens is 504 g/mol. The quantitative estimate of drug-likeness (QED) is 0.310. The zero-order chi connectivity index (χ0) is 27.4. The summed E-state index contributed by atoms with van der Waals surface area (Å²) in [4.78, 5) is 24.5. The second-order valence-electron chi connectivity index (χ2n) is 10.2. The Hall–Kier alpha value is -5.19. The van der Waals surface area contributed by atoms with E-state index in [9.17, 15) is 4.79 Å². The number of rotatable bonds is 4. The number of piperidine rings is 1. The van der Waals surface area contributed by atoms with E-state index in [0.717, 1.165) is 51.8 Å². The van der Waals surface area contributed by atoms with Crippen molar-refractivity contribution < 1.29 is 4.79 Å². The Bertz CT molecular complexity index is 1860. The van der Waals surface area contributed by atoms with Gasteiger partial charge < -0.3 is 20.9 Å². The lowest BCUT2D eigenvalue weighted by atomic mass is 10.0. The first kappa shape index (κ1) is 23.9. The molecule has 0 radical (unpaired) electrons. The summed E-state index contributed by atoms with van der Waals surface area (Å²) >= 11 is 0. The van der Waals surface area contributed by atoms with Gasteiger partial charge in [-0.15, -0.1) is 0 Å². The molecule has 1 aliphatic heterocycles. The molecule has 7 rings (SSSR count). The lowest BCUT2D eigenvalue weighted by molar-refractivity contribution is 0.0690. The number of carbonyl (C=O) groups is 1. The van der Waals surface area contributed by atoms with Crippen LogP contribution in [0.1, 0.15) is 34.9 Å². The van der Waals surface area contributed by atoms with Gasteiger partial charge in [0.05, 0.1) is 17.3 Å². The minimum atomic E-state index is -0.0870. The summed E-state index contributed by atoms with van der Waals surface area (Å²) in [5.41, 5.74) is 19.1. The highest BCUT2D eigenvalue weighted by Crippen LogP contribution is 2.35. The number of nitrogens with two attached hydrogens (primary N) is 2. The van der Waals surface area contributed by atoms with Gasteiger partial charge in [-0.1, -0.05) is 36.4 Å². The number of nitrogen functional groups attached to an aromatic ring is 2. The third-order valence-corrected chi connectivity index (χ3v) is 7.75. The molecule has 0 bridgehead atoms. The highest BCUT2D eigenvalue weighted by molar-refractivity contribution is 5.94. The predicted molar refractivity (Wildman–Crippen MR) is 153 cm³/mol. The van der Waals surface area contributed by atoms with Crippen LogP contribution in [0.2, 0.25) is 0 Å². The number of aromatic amines is 1. The van der Waals surface area contributed by atoms with E-state index >= 15 is 0 Å². The molecule has 1 saturated heterocycles. The van der Waals surface area contributed by atoms with Crippen molar-refractivity contribution in [2.45, 2.75) is 25.8 Å². The molecule has 0 spiro atoms. The van der Waals surface area contributed by atoms with Crippen LogP contribution in [-0.2, 0) is 0 Å². The van der Waals surface area contributed by atoms with Crippen molar-refractivity contribution in [2.24, 2.45) is 0 Å². The number of hydrogen-bond acceptors (Lipinski definition) is 7. The Morgan fingerprint density at radius 3 is 2.50 bits per heavy atom. The summed E-state index contributed by atoms with van der Waals surface area (Å²) in [6.07, 6.45) is 7.35. The van der Waals surface area contributed by atoms with Crippen LogP contribution in [0.15, 0.2) is 67.1 Å². The van der Waals surface area contributed by atoms with Crippen molar-refractivity contribution in [3.05, 3.63) is 78.4 Å². The molecule has 1 aromatic carbocycles. The highest BCUT2D eigenvalue weighted by atomic mass is 16.2. The predicted octanol–water partition coefficient (Wildman–Crippen LogP) is 4.09. The topological polar surface area (TPSA) is 149 Å². The smallest absolute Gasteiger partial charge is 0.271 e. The average Bonchev–Trinajstić information content (AvgIpc) is 3.71. The molecule has 11 nitrogen and oxygen atoms in total. The van der Waals surface area contributed by atoms with Gasteiger partial charge in [-0.25, -0.2) is 4.98 Å². The van der Waals surface area contributed by atoms with Crippen molar-refractivity contribution in [2.75, 3.05) is 24.6 Å². The minimum absolute atomic E-state index is 0.0870. The maximum absolute atomic E-state index is 12.9. The summed E-state index contributed by atoms with van der Waals surface area (Å²) in [6.45, 7) is 3.28. The minimum Gasteiger partial charge on any atom is -0.383 e. The molecule has 11 heteroatoms. The number of carbonyl (C=O) groups excluding carboxylic acids is 1. The molecule has 1 aliphatic rings. The van der Waals surface area contributed by atoms with Gasteiger partial charge in [0.25, 0.3) is 5.91 Å². The number of nitrogens with one attached hydrogen (secondary N) is 1. The van der Waals surface area contributed by atoms with Crippen LogP contribution in [0, 0.1) is 6.92 Å². The number of hydrogen-bond donors (Lipinski definition) is 3. The van der Waals surface area contributed by atoms with E-state index in [2.05, 4.69) is 31.0 Å².